The van der Waals surface area contributed by atoms with Gasteiger partial charge in [0.25, 0.3) is 0 Å². The van der Waals surface area contributed by atoms with E-state index in [2.05, 4.69) is 38.7 Å². The molecule has 106 valence electrons. The minimum atomic E-state index is 0.347. The second-order valence-corrected chi connectivity index (χ2v) is 5.44. The molecule has 4 nitrogen and oxygen atoms in total. The zero-order chi connectivity index (χ0) is 13.9. The smallest absolute Gasteiger partial charge is 0.109 e. The van der Waals surface area contributed by atoms with Crippen LogP contribution < -0.4 is 5.73 Å². The maximum Gasteiger partial charge on any atom is 0.109 e. The first-order valence-corrected chi connectivity index (χ1v) is 7.27. The van der Waals surface area contributed by atoms with E-state index in [1.807, 2.05) is 19.4 Å². The summed E-state index contributed by atoms with van der Waals surface area (Å²) in [6.07, 6.45) is 5.96. The quantitative estimate of drug-likeness (QED) is 0.916. The van der Waals surface area contributed by atoms with Gasteiger partial charge in [-0.15, -0.1) is 0 Å². The van der Waals surface area contributed by atoms with Gasteiger partial charge >= 0.3 is 0 Å². The van der Waals surface area contributed by atoms with Gasteiger partial charge in [-0.2, -0.15) is 0 Å². The van der Waals surface area contributed by atoms with Gasteiger partial charge in [-0.25, -0.2) is 4.98 Å². The third-order valence-corrected chi connectivity index (χ3v) is 4.29. The minimum Gasteiger partial charge on any atom is -0.338 e. The number of fused-ring (bicyclic) bond motifs is 1. The summed E-state index contributed by atoms with van der Waals surface area (Å²) in [6, 6.07) is 9.04. The molecule has 1 atom stereocenters. The number of imidazole rings is 1. The topological polar surface area (TPSA) is 47.1 Å². The molecule has 0 amide bonds. The lowest BCUT2D eigenvalue weighted by molar-refractivity contribution is 0.190. The van der Waals surface area contributed by atoms with E-state index in [0.29, 0.717) is 12.6 Å². The summed E-state index contributed by atoms with van der Waals surface area (Å²) < 4.78 is 2.09. The van der Waals surface area contributed by atoms with E-state index in [0.717, 1.165) is 31.8 Å². The Morgan fingerprint density at radius 3 is 2.95 bits per heavy atom. The third-order valence-electron chi connectivity index (χ3n) is 4.29. The highest BCUT2D eigenvalue weighted by Crippen LogP contribution is 2.28. The molecule has 1 aromatic carbocycles. The summed E-state index contributed by atoms with van der Waals surface area (Å²) in [5, 5.41) is 0. The normalized spacial score (nSPS) is 19.0. The first kappa shape index (κ1) is 13.3. The molecule has 0 bridgehead atoms. The number of rotatable bonds is 4. The number of aromatic nitrogens is 2. The molecule has 3 rings (SSSR count). The van der Waals surface area contributed by atoms with E-state index in [4.69, 9.17) is 5.73 Å². The van der Waals surface area contributed by atoms with Crippen LogP contribution in [0.25, 0.3) is 0 Å². The molecule has 4 heteroatoms. The highest BCUT2D eigenvalue weighted by Gasteiger charge is 2.25. The first-order chi connectivity index (χ1) is 9.79. The number of hydrogen-bond donors (Lipinski definition) is 1. The van der Waals surface area contributed by atoms with E-state index in [9.17, 15) is 0 Å². The van der Waals surface area contributed by atoms with Gasteiger partial charge in [-0.3, -0.25) is 4.90 Å². The first-order valence-electron chi connectivity index (χ1n) is 7.27. The van der Waals surface area contributed by atoms with Gasteiger partial charge in [0.15, 0.2) is 0 Å². The fourth-order valence-electron chi connectivity index (χ4n) is 3.13. The Morgan fingerprint density at radius 2 is 2.20 bits per heavy atom. The van der Waals surface area contributed by atoms with Crippen LogP contribution in [0.15, 0.2) is 36.7 Å². The zero-order valence-electron chi connectivity index (χ0n) is 12.0. The molecule has 2 aromatic rings. The van der Waals surface area contributed by atoms with Gasteiger partial charge in [-0.1, -0.05) is 24.3 Å². The number of nitrogens with two attached hydrogens (primary N) is 1. The predicted molar refractivity (Wildman–Crippen MR) is 80.4 cm³/mol. The second-order valence-electron chi connectivity index (χ2n) is 5.44. The molecule has 0 fully saturated rings. The van der Waals surface area contributed by atoms with Crippen LogP contribution in [0.3, 0.4) is 0 Å². The summed E-state index contributed by atoms with van der Waals surface area (Å²) >= 11 is 0. The summed E-state index contributed by atoms with van der Waals surface area (Å²) in [4.78, 5) is 6.90. The molecule has 0 spiro atoms. The Kier molecular flexibility index (Phi) is 3.85. The fourth-order valence-corrected chi connectivity index (χ4v) is 3.13. The van der Waals surface area contributed by atoms with Crippen LogP contribution in [0.1, 0.15) is 23.0 Å². The predicted octanol–water partition coefficient (Wildman–Crippen LogP) is 1.52. The van der Waals surface area contributed by atoms with Gasteiger partial charge in [0, 0.05) is 51.5 Å². The summed E-state index contributed by atoms with van der Waals surface area (Å²) in [6.45, 7) is 2.78. The van der Waals surface area contributed by atoms with Crippen molar-refractivity contribution in [2.24, 2.45) is 12.8 Å². The molecule has 0 radical (unpaired) electrons. The van der Waals surface area contributed by atoms with E-state index >= 15 is 0 Å². The highest BCUT2D eigenvalue weighted by atomic mass is 15.2. The lowest BCUT2D eigenvalue weighted by Gasteiger charge is -2.36. The average molecular weight is 270 g/mol. The van der Waals surface area contributed by atoms with Crippen LogP contribution in [-0.2, 0) is 19.9 Å². The molecule has 0 saturated carbocycles. The summed E-state index contributed by atoms with van der Waals surface area (Å²) in [5.41, 5.74) is 8.88. The van der Waals surface area contributed by atoms with Gasteiger partial charge in [0.2, 0.25) is 0 Å². The van der Waals surface area contributed by atoms with Crippen molar-refractivity contribution in [3.05, 3.63) is 53.6 Å². The molecule has 1 aliphatic rings. The van der Waals surface area contributed by atoms with Gasteiger partial charge < -0.3 is 10.3 Å². The molecule has 1 aromatic heterocycles. The van der Waals surface area contributed by atoms with Crippen molar-refractivity contribution in [2.45, 2.75) is 18.9 Å². The Hall–Kier alpha value is -1.65. The Morgan fingerprint density at radius 1 is 1.35 bits per heavy atom. The maximum atomic E-state index is 6.02. The maximum absolute atomic E-state index is 6.02. The molecule has 1 unspecified atom stereocenters. The van der Waals surface area contributed by atoms with Crippen molar-refractivity contribution >= 4 is 0 Å². The van der Waals surface area contributed by atoms with Gasteiger partial charge in [-0.05, 0) is 17.5 Å². The second kappa shape index (κ2) is 5.77. The summed E-state index contributed by atoms with van der Waals surface area (Å²) in [7, 11) is 2.05. The van der Waals surface area contributed by atoms with Crippen LogP contribution >= 0.6 is 0 Å². The van der Waals surface area contributed by atoms with E-state index in [-0.39, 0.29) is 0 Å². The Labute approximate surface area is 120 Å². The monoisotopic (exact) mass is 270 g/mol. The van der Waals surface area contributed by atoms with E-state index in [1.165, 1.54) is 11.1 Å². The number of nitrogens with zero attached hydrogens (tertiary/aromatic N) is 3. The lowest BCUT2D eigenvalue weighted by atomic mass is 9.92. The van der Waals surface area contributed by atoms with Gasteiger partial charge in [0.05, 0.1) is 0 Å². The van der Waals surface area contributed by atoms with E-state index < -0.39 is 0 Å². The van der Waals surface area contributed by atoms with Crippen molar-refractivity contribution in [2.75, 3.05) is 19.6 Å². The third kappa shape index (κ3) is 2.49. The molecule has 0 saturated heterocycles. The van der Waals surface area contributed by atoms with Gasteiger partial charge in [0.1, 0.15) is 5.82 Å². The van der Waals surface area contributed by atoms with Crippen molar-refractivity contribution < 1.29 is 0 Å². The van der Waals surface area contributed by atoms with Crippen molar-refractivity contribution in [1.82, 2.24) is 14.5 Å². The number of benzene rings is 1. The van der Waals surface area contributed by atoms with E-state index in [1.54, 1.807) is 0 Å². The molecular formula is C16H22N4. The lowest BCUT2D eigenvalue weighted by Crippen LogP contribution is -2.40. The van der Waals surface area contributed by atoms with Crippen LogP contribution in [0.5, 0.6) is 0 Å². The number of hydrogen-bond acceptors (Lipinski definition) is 3. The van der Waals surface area contributed by atoms with Crippen LogP contribution in [0, 0.1) is 0 Å². The SMILES string of the molecule is Cn1ccnc1CCN1CCc2ccccc2C1CN. The highest BCUT2D eigenvalue weighted by molar-refractivity contribution is 5.32. The fraction of sp³-hybridized carbons (Fsp3) is 0.438. The molecule has 1 aliphatic heterocycles. The average Bonchev–Trinajstić information content (AvgIpc) is 2.89. The van der Waals surface area contributed by atoms with Crippen molar-refractivity contribution in [3.63, 3.8) is 0 Å². The number of aryl methyl sites for hydroxylation is 1. The standard InChI is InChI=1S/C16H22N4/c1-19-11-8-18-16(19)7-10-20-9-6-13-4-2-3-5-14(13)15(20)12-17/h2-5,8,11,15H,6-7,9-10,12,17H2,1H3. The van der Waals surface area contributed by atoms with Crippen molar-refractivity contribution in [1.29, 1.82) is 0 Å². The van der Waals surface area contributed by atoms with Crippen LogP contribution in [0.4, 0.5) is 0 Å². The van der Waals surface area contributed by atoms with Crippen LogP contribution in [-0.4, -0.2) is 34.1 Å². The van der Waals surface area contributed by atoms with Crippen molar-refractivity contribution in [3.8, 4) is 0 Å². The minimum absolute atomic E-state index is 0.347. The molecule has 2 heterocycles. The summed E-state index contributed by atoms with van der Waals surface area (Å²) in [5.74, 6) is 1.14. The molecular weight excluding hydrogens is 248 g/mol. The van der Waals surface area contributed by atoms with Crippen LogP contribution in [0.2, 0.25) is 0 Å². The Bertz CT molecular complexity index is 575. The molecule has 0 aliphatic carbocycles. The Balaban J connectivity index is 1.73. The molecule has 20 heavy (non-hydrogen) atoms. The largest absolute Gasteiger partial charge is 0.338 e. The molecule has 2 N–H and O–H groups in total. The zero-order valence-corrected chi connectivity index (χ0v) is 12.0.